The van der Waals surface area contributed by atoms with Crippen molar-refractivity contribution in [1.29, 1.82) is 0 Å². The number of hydrogen-bond donors (Lipinski definition) is 1. The molecule has 0 aliphatic carbocycles. The molecule has 0 aliphatic rings. The van der Waals surface area contributed by atoms with Crippen LogP contribution in [-0.4, -0.2) is 25.3 Å². The monoisotopic (exact) mass is 438 g/mol. The van der Waals surface area contributed by atoms with Gasteiger partial charge in [-0.2, -0.15) is 5.10 Å². The lowest BCUT2D eigenvalue weighted by Crippen LogP contribution is -2.33. The summed E-state index contributed by atoms with van der Waals surface area (Å²) in [7, 11) is 1.57. The zero-order valence-corrected chi connectivity index (χ0v) is 18.0. The fourth-order valence-corrected chi connectivity index (χ4v) is 2.78. The van der Waals surface area contributed by atoms with Gasteiger partial charge in [0, 0.05) is 5.02 Å². The minimum Gasteiger partial charge on any atom is -0.493 e. The summed E-state index contributed by atoms with van der Waals surface area (Å²) in [6.07, 6.45) is 0.803. The summed E-state index contributed by atoms with van der Waals surface area (Å²) in [5.41, 5.74) is 4.28. The van der Waals surface area contributed by atoms with E-state index >= 15 is 0 Å². The van der Waals surface area contributed by atoms with Gasteiger partial charge in [-0.25, -0.2) is 5.43 Å². The summed E-state index contributed by atoms with van der Waals surface area (Å²) in [5.74, 6) is 1.37. The van der Waals surface area contributed by atoms with E-state index in [1.165, 1.54) is 6.21 Å². The molecule has 0 aliphatic heterocycles. The van der Waals surface area contributed by atoms with E-state index in [1.54, 1.807) is 50.4 Å². The predicted molar refractivity (Wildman–Crippen MR) is 121 cm³/mol. The number of hydrazone groups is 1. The van der Waals surface area contributed by atoms with Gasteiger partial charge in [-0.3, -0.25) is 4.79 Å². The van der Waals surface area contributed by atoms with Crippen molar-refractivity contribution in [2.45, 2.75) is 19.6 Å². The Bertz CT molecular complexity index is 1020. The second-order valence-electron chi connectivity index (χ2n) is 6.63. The molecule has 160 valence electrons. The first-order valence-electron chi connectivity index (χ1n) is 9.65. The maximum atomic E-state index is 12.2. The Morgan fingerprint density at radius 1 is 1.06 bits per heavy atom. The van der Waals surface area contributed by atoms with Crippen LogP contribution in [0.1, 0.15) is 18.1 Å². The van der Waals surface area contributed by atoms with Gasteiger partial charge in [-0.1, -0.05) is 41.9 Å². The zero-order valence-electron chi connectivity index (χ0n) is 17.2. The second-order valence-corrected chi connectivity index (χ2v) is 7.07. The van der Waals surface area contributed by atoms with Gasteiger partial charge >= 0.3 is 0 Å². The van der Waals surface area contributed by atoms with Gasteiger partial charge in [0.2, 0.25) is 0 Å². The van der Waals surface area contributed by atoms with Crippen LogP contribution in [0.3, 0.4) is 0 Å². The van der Waals surface area contributed by atoms with Crippen LogP contribution in [0.15, 0.2) is 77.9 Å². The lowest BCUT2D eigenvalue weighted by Gasteiger charge is -2.13. The summed E-state index contributed by atoms with van der Waals surface area (Å²) >= 11 is 5.84. The fourth-order valence-electron chi connectivity index (χ4n) is 2.65. The third-order valence-electron chi connectivity index (χ3n) is 4.31. The van der Waals surface area contributed by atoms with Crippen molar-refractivity contribution in [3.05, 3.63) is 88.9 Å². The number of amides is 1. The zero-order chi connectivity index (χ0) is 22.1. The molecule has 0 saturated heterocycles. The number of halogens is 1. The van der Waals surface area contributed by atoms with E-state index in [2.05, 4.69) is 10.5 Å². The highest BCUT2D eigenvalue weighted by Gasteiger charge is 2.14. The van der Waals surface area contributed by atoms with Gasteiger partial charge in [0.25, 0.3) is 5.91 Å². The lowest BCUT2D eigenvalue weighted by atomic mass is 10.2. The number of nitrogens with zero attached hydrogens (tertiary/aromatic N) is 1. The Balaban J connectivity index is 1.54. The van der Waals surface area contributed by atoms with Crippen LogP contribution in [0, 0.1) is 0 Å². The maximum Gasteiger partial charge on any atom is 0.280 e. The molecule has 0 unspecified atom stereocenters. The molecule has 7 heteroatoms. The fraction of sp³-hybridized carbons (Fsp3) is 0.167. The Kier molecular flexibility index (Phi) is 7.90. The number of methoxy groups -OCH3 is 1. The Morgan fingerprint density at radius 2 is 1.81 bits per heavy atom. The van der Waals surface area contributed by atoms with Crippen molar-refractivity contribution in [2.75, 3.05) is 7.11 Å². The molecule has 0 fully saturated rings. The van der Waals surface area contributed by atoms with E-state index in [-0.39, 0.29) is 5.91 Å². The molecule has 1 N–H and O–H groups in total. The topological polar surface area (TPSA) is 69.2 Å². The van der Waals surface area contributed by atoms with E-state index in [0.717, 1.165) is 11.1 Å². The number of nitrogens with one attached hydrogen (secondary N) is 1. The van der Waals surface area contributed by atoms with Crippen molar-refractivity contribution < 1.29 is 19.0 Å². The van der Waals surface area contributed by atoms with Crippen LogP contribution in [-0.2, 0) is 11.4 Å². The van der Waals surface area contributed by atoms with E-state index in [9.17, 15) is 4.79 Å². The van der Waals surface area contributed by atoms with Gasteiger partial charge in [0.05, 0.1) is 13.3 Å². The molecule has 0 heterocycles. The maximum absolute atomic E-state index is 12.2. The van der Waals surface area contributed by atoms with E-state index in [1.807, 2.05) is 36.4 Å². The summed E-state index contributed by atoms with van der Waals surface area (Å²) < 4.78 is 16.8. The highest BCUT2D eigenvalue weighted by molar-refractivity contribution is 6.30. The molecule has 0 spiro atoms. The van der Waals surface area contributed by atoms with Crippen LogP contribution in [0.2, 0.25) is 5.02 Å². The molecule has 3 aromatic rings. The number of hydrogen-bond acceptors (Lipinski definition) is 5. The van der Waals surface area contributed by atoms with Crippen molar-refractivity contribution >= 4 is 23.7 Å². The molecule has 0 radical (unpaired) electrons. The highest BCUT2D eigenvalue weighted by atomic mass is 35.5. The number of rotatable bonds is 9. The van der Waals surface area contributed by atoms with Crippen molar-refractivity contribution in [2.24, 2.45) is 5.10 Å². The van der Waals surface area contributed by atoms with Gasteiger partial charge < -0.3 is 14.2 Å². The van der Waals surface area contributed by atoms with Crippen LogP contribution >= 0.6 is 11.6 Å². The van der Waals surface area contributed by atoms with Crippen LogP contribution < -0.4 is 19.6 Å². The van der Waals surface area contributed by atoms with Crippen LogP contribution in [0.25, 0.3) is 0 Å². The molecule has 31 heavy (non-hydrogen) atoms. The smallest absolute Gasteiger partial charge is 0.280 e. The molecule has 0 saturated carbocycles. The number of ether oxygens (including phenoxy) is 3. The third-order valence-corrected chi connectivity index (χ3v) is 4.56. The van der Waals surface area contributed by atoms with Crippen LogP contribution in [0.4, 0.5) is 0 Å². The second kappa shape index (κ2) is 11.0. The SMILES string of the molecule is COc1cc(/C=N\NC(=O)[C@@H](C)Oc2ccc(Cl)cc2)ccc1OCc1ccccc1. The van der Waals surface area contributed by atoms with E-state index < -0.39 is 6.10 Å². The van der Waals surface area contributed by atoms with Crippen molar-refractivity contribution in [3.63, 3.8) is 0 Å². The number of benzene rings is 3. The quantitative estimate of drug-likeness (QED) is 0.383. The Hall–Kier alpha value is -3.51. The van der Waals surface area contributed by atoms with Gasteiger partial charge in [-0.05, 0) is 60.5 Å². The Labute approximate surface area is 186 Å². The van der Waals surface area contributed by atoms with E-state index in [4.69, 9.17) is 25.8 Å². The highest BCUT2D eigenvalue weighted by Crippen LogP contribution is 2.28. The molecule has 6 nitrogen and oxygen atoms in total. The molecule has 1 amide bonds. The predicted octanol–water partition coefficient (Wildman–Crippen LogP) is 4.85. The van der Waals surface area contributed by atoms with Gasteiger partial charge in [-0.15, -0.1) is 0 Å². The molecular formula is C24H23ClN2O4. The largest absolute Gasteiger partial charge is 0.493 e. The normalized spacial score (nSPS) is 11.7. The Morgan fingerprint density at radius 3 is 2.52 bits per heavy atom. The molecule has 3 rings (SSSR count). The molecule has 3 aromatic carbocycles. The number of carbonyl (C=O) groups excluding carboxylic acids is 1. The van der Waals surface area contributed by atoms with Gasteiger partial charge in [0.15, 0.2) is 17.6 Å². The van der Waals surface area contributed by atoms with Crippen molar-refractivity contribution in [1.82, 2.24) is 5.43 Å². The minimum atomic E-state index is -0.721. The summed E-state index contributed by atoms with van der Waals surface area (Å²) in [6, 6.07) is 22.1. The standard InChI is InChI=1S/C24H23ClN2O4/c1-17(31-21-11-9-20(25)10-12-21)24(28)27-26-15-19-8-13-22(23(14-19)29-2)30-16-18-6-4-3-5-7-18/h3-15,17H,16H2,1-2H3,(H,27,28)/b26-15-/t17-/m1/s1. The lowest BCUT2D eigenvalue weighted by molar-refractivity contribution is -0.127. The summed E-state index contributed by atoms with van der Waals surface area (Å²) in [6.45, 7) is 2.08. The first kappa shape index (κ1) is 22.2. The average Bonchev–Trinajstić information content (AvgIpc) is 2.80. The first-order chi connectivity index (χ1) is 15.0. The summed E-state index contributed by atoms with van der Waals surface area (Å²) in [4.78, 5) is 12.2. The third kappa shape index (κ3) is 6.76. The average molecular weight is 439 g/mol. The van der Waals surface area contributed by atoms with E-state index in [0.29, 0.717) is 28.9 Å². The van der Waals surface area contributed by atoms with Crippen LogP contribution in [0.5, 0.6) is 17.2 Å². The van der Waals surface area contributed by atoms with Gasteiger partial charge in [0.1, 0.15) is 12.4 Å². The number of carbonyl (C=O) groups is 1. The summed E-state index contributed by atoms with van der Waals surface area (Å²) in [5, 5.41) is 4.59. The first-order valence-corrected chi connectivity index (χ1v) is 10.0. The van der Waals surface area contributed by atoms with Crippen molar-refractivity contribution in [3.8, 4) is 17.2 Å². The molecule has 0 aromatic heterocycles. The molecule has 0 bridgehead atoms. The molecule has 1 atom stereocenters. The minimum absolute atomic E-state index is 0.374. The molecular weight excluding hydrogens is 416 g/mol.